The van der Waals surface area contributed by atoms with Crippen LogP contribution in [-0.2, 0) is 4.79 Å². The van der Waals surface area contributed by atoms with Gasteiger partial charge in [-0.1, -0.05) is 47.0 Å². The van der Waals surface area contributed by atoms with E-state index in [9.17, 15) is 9.90 Å². The minimum atomic E-state index is -0.602. The molecule has 0 aliphatic rings. The topological polar surface area (TPSA) is 37.3 Å². The first kappa shape index (κ1) is 15.5. The Kier molecular flexibility index (Phi) is 8.32. The fourth-order valence-corrected chi connectivity index (χ4v) is 2.06. The SMILES string of the molecule is CCC(C)CCC(CC(CC)CC)C(=O)O. The molecule has 0 fully saturated rings. The zero-order valence-corrected chi connectivity index (χ0v) is 11.3. The molecule has 2 nitrogen and oxygen atoms in total. The van der Waals surface area contributed by atoms with E-state index in [4.69, 9.17) is 0 Å². The van der Waals surface area contributed by atoms with Gasteiger partial charge in [-0.2, -0.15) is 0 Å². The molecule has 0 amide bonds. The average Bonchev–Trinajstić information content (AvgIpc) is 2.28. The van der Waals surface area contributed by atoms with Gasteiger partial charge in [0, 0.05) is 0 Å². The molecule has 0 saturated carbocycles. The molecule has 0 spiro atoms. The summed E-state index contributed by atoms with van der Waals surface area (Å²) in [5.41, 5.74) is 0. The van der Waals surface area contributed by atoms with E-state index in [2.05, 4.69) is 27.7 Å². The summed E-state index contributed by atoms with van der Waals surface area (Å²) in [6, 6.07) is 0. The van der Waals surface area contributed by atoms with Crippen LogP contribution in [0.4, 0.5) is 0 Å². The highest BCUT2D eigenvalue weighted by Gasteiger charge is 2.21. The first-order chi connectivity index (χ1) is 7.54. The van der Waals surface area contributed by atoms with Gasteiger partial charge < -0.3 is 5.11 Å². The maximum Gasteiger partial charge on any atom is 0.306 e. The Morgan fingerprint density at radius 2 is 1.62 bits per heavy atom. The third-order valence-electron chi connectivity index (χ3n) is 3.83. The highest BCUT2D eigenvalue weighted by atomic mass is 16.4. The highest BCUT2D eigenvalue weighted by Crippen LogP contribution is 2.24. The Hall–Kier alpha value is -0.530. The maximum absolute atomic E-state index is 11.2. The summed E-state index contributed by atoms with van der Waals surface area (Å²) >= 11 is 0. The molecule has 2 atom stereocenters. The van der Waals surface area contributed by atoms with Crippen LogP contribution in [0.25, 0.3) is 0 Å². The molecule has 0 heterocycles. The summed E-state index contributed by atoms with van der Waals surface area (Å²) < 4.78 is 0. The Balaban J connectivity index is 4.11. The predicted molar refractivity (Wildman–Crippen MR) is 68.5 cm³/mol. The summed E-state index contributed by atoms with van der Waals surface area (Å²) in [7, 11) is 0. The molecule has 0 aromatic carbocycles. The maximum atomic E-state index is 11.2. The van der Waals surface area contributed by atoms with Gasteiger partial charge in [0.05, 0.1) is 5.92 Å². The average molecular weight is 228 g/mol. The van der Waals surface area contributed by atoms with Gasteiger partial charge >= 0.3 is 5.97 Å². The van der Waals surface area contributed by atoms with E-state index in [-0.39, 0.29) is 5.92 Å². The van der Waals surface area contributed by atoms with Gasteiger partial charge in [-0.05, 0) is 31.1 Å². The van der Waals surface area contributed by atoms with E-state index in [0.29, 0.717) is 11.8 Å². The van der Waals surface area contributed by atoms with Crippen molar-refractivity contribution < 1.29 is 9.90 Å². The van der Waals surface area contributed by atoms with E-state index in [1.54, 1.807) is 0 Å². The van der Waals surface area contributed by atoms with Gasteiger partial charge in [-0.25, -0.2) is 0 Å². The highest BCUT2D eigenvalue weighted by molar-refractivity contribution is 5.69. The van der Waals surface area contributed by atoms with E-state index in [1.165, 1.54) is 0 Å². The molecule has 16 heavy (non-hydrogen) atoms. The minimum Gasteiger partial charge on any atom is -0.481 e. The molecule has 0 aliphatic heterocycles. The van der Waals surface area contributed by atoms with Crippen LogP contribution < -0.4 is 0 Å². The first-order valence-corrected chi connectivity index (χ1v) is 6.77. The molecule has 0 saturated heterocycles. The number of rotatable bonds is 9. The van der Waals surface area contributed by atoms with E-state index in [0.717, 1.165) is 38.5 Å². The Bertz CT molecular complexity index is 185. The molecular weight excluding hydrogens is 200 g/mol. The van der Waals surface area contributed by atoms with Crippen LogP contribution in [0.2, 0.25) is 0 Å². The van der Waals surface area contributed by atoms with E-state index in [1.807, 2.05) is 0 Å². The molecule has 0 rings (SSSR count). The fraction of sp³-hybridized carbons (Fsp3) is 0.929. The standard InChI is InChI=1S/C14H28O2/c1-5-11(4)8-9-13(14(15)16)10-12(6-2)7-3/h11-13H,5-10H2,1-4H3,(H,15,16). The smallest absolute Gasteiger partial charge is 0.306 e. The van der Waals surface area contributed by atoms with Crippen LogP contribution in [-0.4, -0.2) is 11.1 Å². The number of hydrogen-bond acceptors (Lipinski definition) is 1. The van der Waals surface area contributed by atoms with Crippen LogP contribution in [0.5, 0.6) is 0 Å². The molecule has 2 unspecified atom stereocenters. The van der Waals surface area contributed by atoms with Crippen molar-refractivity contribution in [1.82, 2.24) is 0 Å². The number of carbonyl (C=O) groups is 1. The summed E-state index contributed by atoms with van der Waals surface area (Å²) in [6.07, 6.45) is 6.11. The van der Waals surface area contributed by atoms with Crippen molar-refractivity contribution in [3.8, 4) is 0 Å². The summed E-state index contributed by atoms with van der Waals surface area (Å²) in [4.78, 5) is 11.2. The molecule has 0 radical (unpaired) electrons. The number of hydrogen-bond donors (Lipinski definition) is 1. The van der Waals surface area contributed by atoms with Gasteiger partial charge in [-0.3, -0.25) is 4.79 Å². The van der Waals surface area contributed by atoms with Crippen molar-refractivity contribution >= 4 is 5.97 Å². The third kappa shape index (κ3) is 6.14. The van der Waals surface area contributed by atoms with Crippen molar-refractivity contribution in [2.24, 2.45) is 17.8 Å². The molecule has 2 heteroatoms. The number of aliphatic carboxylic acids is 1. The lowest BCUT2D eigenvalue weighted by Gasteiger charge is -2.19. The zero-order chi connectivity index (χ0) is 12.6. The second-order valence-corrected chi connectivity index (χ2v) is 5.04. The molecule has 0 aromatic rings. The van der Waals surface area contributed by atoms with Gasteiger partial charge in [-0.15, -0.1) is 0 Å². The number of carboxylic acids is 1. The largest absolute Gasteiger partial charge is 0.481 e. The van der Waals surface area contributed by atoms with Crippen molar-refractivity contribution in [2.75, 3.05) is 0 Å². The Morgan fingerprint density at radius 1 is 1.06 bits per heavy atom. The van der Waals surface area contributed by atoms with Crippen molar-refractivity contribution in [3.63, 3.8) is 0 Å². The van der Waals surface area contributed by atoms with Crippen LogP contribution >= 0.6 is 0 Å². The zero-order valence-electron chi connectivity index (χ0n) is 11.3. The monoisotopic (exact) mass is 228 g/mol. The lowest BCUT2D eigenvalue weighted by atomic mass is 9.86. The molecule has 0 aliphatic carbocycles. The summed E-state index contributed by atoms with van der Waals surface area (Å²) in [6.45, 7) is 8.68. The fourth-order valence-electron chi connectivity index (χ4n) is 2.06. The van der Waals surface area contributed by atoms with E-state index >= 15 is 0 Å². The summed E-state index contributed by atoms with van der Waals surface area (Å²) in [5.74, 6) is 0.510. The second kappa shape index (κ2) is 8.60. The Labute approximate surface area is 100 Å². The molecule has 0 bridgehead atoms. The predicted octanol–water partition coefficient (Wildman–Crippen LogP) is 4.34. The van der Waals surface area contributed by atoms with Crippen molar-refractivity contribution in [2.45, 2.75) is 66.2 Å². The van der Waals surface area contributed by atoms with Gasteiger partial charge in [0.25, 0.3) is 0 Å². The van der Waals surface area contributed by atoms with Crippen molar-refractivity contribution in [3.05, 3.63) is 0 Å². The second-order valence-electron chi connectivity index (χ2n) is 5.04. The lowest BCUT2D eigenvalue weighted by Crippen LogP contribution is -2.18. The molecule has 1 N–H and O–H groups in total. The van der Waals surface area contributed by atoms with Gasteiger partial charge in [0.1, 0.15) is 0 Å². The van der Waals surface area contributed by atoms with Gasteiger partial charge in [0.15, 0.2) is 0 Å². The van der Waals surface area contributed by atoms with Crippen LogP contribution in [0.3, 0.4) is 0 Å². The quantitative estimate of drug-likeness (QED) is 0.637. The summed E-state index contributed by atoms with van der Waals surface area (Å²) in [5, 5.41) is 9.20. The number of carboxylic acid groups (broad SMARTS) is 1. The first-order valence-electron chi connectivity index (χ1n) is 6.77. The van der Waals surface area contributed by atoms with Crippen LogP contribution in [0.1, 0.15) is 66.2 Å². The van der Waals surface area contributed by atoms with Crippen LogP contribution in [0, 0.1) is 17.8 Å². The van der Waals surface area contributed by atoms with Crippen molar-refractivity contribution in [1.29, 1.82) is 0 Å². The minimum absolute atomic E-state index is 0.126. The third-order valence-corrected chi connectivity index (χ3v) is 3.83. The normalized spacial score (nSPS) is 15.1. The molecule has 96 valence electrons. The lowest BCUT2D eigenvalue weighted by molar-refractivity contribution is -0.142. The van der Waals surface area contributed by atoms with E-state index < -0.39 is 5.97 Å². The van der Waals surface area contributed by atoms with Crippen LogP contribution in [0.15, 0.2) is 0 Å². The Morgan fingerprint density at radius 3 is 2.00 bits per heavy atom. The van der Waals surface area contributed by atoms with Gasteiger partial charge in [0.2, 0.25) is 0 Å². The molecule has 0 aromatic heterocycles. The molecular formula is C14H28O2.